The zero-order chi connectivity index (χ0) is 15.8. The smallest absolute Gasteiger partial charge is 0.326 e. The van der Waals surface area contributed by atoms with Gasteiger partial charge < -0.3 is 10.4 Å². The van der Waals surface area contributed by atoms with Gasteiger partial charge in [0.15, 0.2) is 0 Å². The second kappa shape index (κ2) is 7.85. The fourth-order valence-electron chi connectivity index (χ4n) is 1.75. The minimum atomic E-state index is -1.04. The molecule has 1 aromatic rings. The Morgan fingerprint density at radius 1 is 1.33 bits per heavy atom. The van der Waals surface area contributed by atoms with Gasteiger partial charge in [-0.05, 0) is 36.1 Å². The van der Waals surface area contributed by atoms with Crippen molar-refractivity contribution in [1.82, 2.24) is 5.32 Å². The topological polar surface area (TPSA) is 90.2 Å². The number of nitriles is 1. The van der Waals surface area contributed by atoms with Gasteiger partial charge in [0, 0.05) is 6.08 Å². The summed E-state index contributed by atoms with van der Waals surface area (Å²) in [6, 6.07) is 7.85. The van der Waals surface area contributed by atoms with Gasteiger partial charge in [0.05, 0.1) is 11.6 Å². The van der Waals surface area contributed by atoms with Crippen LogP contribution in [0.25, 0.3) is 6.08 Å². The van der Waals surface area contributed by atoms with Gasteiger partial charge in [-0.1, -0.05) is 26.0 Å². The van der Waals surface area contributed by atoms with Gasteiger partial charge in [-0.25, -0.2) is 4.79 Å². The largest absolute Gasteiger partial charge is 0.480 e. The molecule has 0 aromatic heterocycles. The number of aliphatic carboxylic acids is 1. The van der Waals surface area contributed by atoms with Gasteiger partial charge in [-0.3, -0.25) is 4.79 Å². The molecule has 0 aliphatic rings. The third kappa shape index (κ3) is 5.91. The number of carbonyl (C=O) groups is 2. The van der Waals surface area contributed by atoms with Crippen molar-refractivity contribution in [2.45, 2.75) is 26.3 Å². The molecule has 5 heteroatoms. The Morgan fingerprint density at radius 2 is 1.95 bits per heavy atom. The average molecular weight is 286 g/mol. The van der Waals surface area contributed by atoms with Crippen LogP contribution in [0.15, 0.2) is 30.3 Å². The van der Waals surface area contributed by atoms with Crippen LogP contribution >= 0.6 is 0 Å². The van der Waals surface area contributed by atoms with E-state index in [0.717, 1.165) is 5.56 Å². The van der Waals surface area contributed by atoms with Gasteiger partial charge in [-0.2, -0.15) is 5.26 Å². The summed E-state index contributed by atoms with van der Waals surface area (Å²) in [6.07, 6.45) is 3.24. The molecule has 1 aromatic carbocycles. The highest BCUT2D eigenvalue weighted by atomic mass is 16.4. The maximum Gasteiger partial charge on any atom is 0.326 e. The van der Waals surface area contributed by atoms with E-state index in [9.17, 15) is 9.59 Å². The second-order valence-corrected chi connectivity index (χ2v) is 5.10. The van der Waals surface area contributed by atoms with E-state index in [1.807, 2.05) is 19.9 Å². The number of hydrogen-bond donors (Lipinski definition) is 2. The summed E-state index contributed by atoms with van der Waals surface area (Å²) >= 11 is 0. The zero-order valence-electron chi connectivity index (χ0n) is 12.0. The van der Waals surface area contributed by atoms with Crippen molar-refractivity contribution in [1.29, 1.82) is 5.26 Å². The Labute approximate surface area is 123 Å². The van der Waals surface area contributed by atoms with Crippen LogP contribution in [-0.2, 0) is 9.59 Å². The summed E-state index contributed by atoms with van der Waals surface area (Å²) < 4.78 is 0. The number of carbonyl (C=O) groups excluding carboxylic acids is 1. The van der Waals surface area contributed by atoms with Crippen LogP contribution < -0.4 is 5.32 Å². The molecule has 2 N–H and O–H groups in total. The van der Waals surface area contributed by atoms with Crippen molar-refractivity contribution < 1.29 is 14.7 Å². The average Bonchev–Trinajstić information content (AvgIpc) is 2.44. The third-order valence-electron chi connectivity index (χ3n) is 2.79. The van der Waals surface area contributed by atoms with Crippen molar-refractivity contribution in [2.75, 3.05) is 0 Å². The van der Waals surface area contributed by atoms with Crippen LogP contribution in [0.1, 0.15) is 31.4 Å². The highest BCUT2D eigenvalue weighted by molar-refractivity contribution is 5.94. The van der Waals surface area contributed by atoms with E-state index >= 15 is 0 Å². The minimum absolute atomic E-state index is 0.175. The minimum Gasteiger partial charge on any atom is -0.480 e. The highest BCUT2D eigenvalue weighted by Gasteiger charge is 2.19. The third-order valence-corrected chi connectivity index (χ3v) is 2.79. The summed E-state index contributed by atoms with van der Waals surface area (Å²) in [4.78, 5) is 22.8. The Morgan fingerprint density at radius 3 is 2.43 bits per heavy atom. The number of amides is 1. The van der Waals surface area contributed by atoms with E-state index in [1.54, 1.807) is 30.3 Å². The molecule has 0 bridgehead atoms. The predicted molar refractivity (Wildman–Crippen MR) is 79.2 cm³/mol. The fourth-order valence-corrected chi connectivity index (χ4v) is 1.75. The van der Waals surface area contributed by atoms with Crippen molar-refractivity contribution in [3.63, 3.8) is 0 Å². The molecule has 0 spiro atoms. The number of rotatable bonds is 6. The molecule has 0 radical (unpaired) electrons. The first kappa shape index (κ1) is 16.4. The van der Waals surface area contributed by atoms with E-state index < -0.39 is 17.9 Å². The molecule has 0 heterocycles. The molecule has 0 saturated heterocycles. The maximum atomic E-state index is 11.7. The van der Waals surface area contributed by atoms with E-state index in [-0.39, 0.29) is 5.92 Å². The summed E-state index contributed by atoms with van der Waals surface area (Å²) in [6.45, 7) is 3.80. The fraction of sp³-hybridized carbons (Fsp3) is 0.312. The molecule has 0 fully saturated rings. The van der Waals surface area contributed by atoms with Gasteiger partial charge in [0.2, 0.25) is 5.91 Å². The lowest BCUT2D eigenvalue weighted by Gasteiger charge is -2.15. The van der Waals surface area contributed by atoms with Gasteiger partial charge in [0.1, 0.15) is 6.04 Å². The van der Waals surface area contributed by atoms with Gasteiger partial charge >= 0.3 is 5.97 Å². The maximum absolute atomic E-state index is 11.7. The van der Waals surface area contributed by atoms with Crippen LogP contribution in [0, 0.1) is 17.2 Å². The normalized spacial score (nSPS) is 12.1. The molecule has 1 atom stereocenters. The SMILES string of the molecule is CC(C)C[C@H](NC(=O)/C=C/c1ccc(C#N)cc1)C(=O)O. The van der Waals surface area contributed by atoms with Crippen LogP contribution in [0.2, 0.25) is 0 Å². The van der Waals surface area contributed by atoms with Crippen molar-refractivity contribution in [3.8, 4) is 6.07 Å². The molecule has 0 aliphatic heterocycles. The summed E-state index contributed by atoms with van der Waals surface area (Å²) in [5, 5.41) is 20.2. The predicted octanol–water partition coefficient (Wildman–Crippen LogP) is 2.19. The van der Waals surface area contributed by atoms with Crippen LogP contribution in [0.3, 0.4) is 0 Å². The Kier molecular flexibility index (Phi) is 6.15. The number of nitrogens with zero attached hydrogens (tertiary/aromatic N) is 1. The van der Waals surface area contributed by atoms with Crippen molar-refractivity contribution >= 4 is 18.0 Å². The van der Waals surface area contributed by atoms with E-state index in [4.69, 9.17) is 10.4 Å². The zero-order valence-corrected chi connectivity index (χ0v) is 12.0. The number of hydrogen-bond acceptors (Lipinski definition) is 3. The molecule has 110 valence electrons. The molecular weight excluding hydrogens is 268 g/mol. The van der Waals surface area contributed by atoms with Crippen LogP contribution in [-0.4, -0.2) is 23.0 Å². The molecule has 0 aliphatic carbocycles. The lowest BCUT2D eigenvalue weighted by atomic mass is 10.0. The lowest BCUT2D eigenvalue weighted by molar-refractivity contribution is -0.141. The lowest BCUT2D eigenvalue weighted by Crippen LogP contribution is -2.40. The molecular formula is C16H18N2O3. The molecule has 0 unspecified atom stereocenters. The first-order chi connectivity index (χ1) is 9.92. The van der Waals surface area contributed by atoms with Crippen LogP contribution in [0.4, 0.5) is 0 Å². The summed E-state index contributed by atoms with van der Waals surface area (Å²) in [5.41, 5.74) is 1.30. The van der Waals surface area contributed by atoms with Crippen molar-refractivity contribution in [3.05, 3.63) is 41.5 Å². The van der Waals surface area contributed by atoms with Crippen LogP contribution in [0.5, 0.6) is 0 Å². The Hall–Kier alpha value is -2.61. The highest BCUT2D eigenvalue weighted by Crippen LogP contribution is 2.07. The molecule has 5 nitrogen and oxygen atoms in total. The Bertz CT molecular complexity index is 568. The number of carboxylic acid groups (broad SMARTS) is 1. The first-order valence-electron chi connectivity index (χ1n) is 6.64. The monoisotopic (exact) mass is 286 g/mol. The number of benzene rings is 1. The quantitative estimate of drug-likeness (QED) is 0.784. The van der Waals surface area contributed by atoms with E-state index in [0.29, 0.717) is 12.0 Å². The van der Waals surface area contributed by atoms with E-state index in [1.165, 1.54) is 6.08 Å². The Balaban J connectivity index is 2.64. The first-order valence-corrected chi connectivity index (χ1v) is 6.64. The second-order valence-electron chi connectivity index (χ2n) is 5.10. The number of nitrogens with one attached hydrogen (secondary N) is 1. The standard InChI is InChI=1S/C16H18N2O3/c1-11(2)9-14(16(20)21)18-15(19)8-7-12-3-5-13(10-17)6-4-12/h3-8,11,14H,9H2,1-2H3,(H,18,19)(H,20,21)/b8-7+/t14-/m0/s1. The number of carboxylic acids is 1. The molecule has 21 heavy (non-hydrogen) atoms. The summed E-state index contributed by atoms with van der Waals surface area (Å²) in [5.74, 6) is -1.31. The van der Waals surface area contributed by atoms with Gasteiger partial charge in [0.25, 0.3) is 0 Å². The molecule has 1 amide bonds. The van der Waals surface area contributed by atoms with E-state index in [2.05, 4.69) is 5.32 Å². The summed E-state index contributed by atoms with van der Waals surface area (Å²) in [7, 11) is 0. The van der Waals surface area contributed by atoms with Crippen molar-refractivity contribution in [2.24, 2.45) is 5.92 Å². The molecule has 1 rings (SSSR count). The van der Waals surface area contributed by atoms with Gasteiger partial charge in [-0.15, -0.1) is 0 Å². The molecule has 0 saturated carbocycles.